The van der Waals surface area contributed by atoms with Crippen LogP contribution < -0.4 is 15.5 Å². The zero-order valence-corrected chi connectivity index (χ0v) is 18.7. The normalized spacial score (nSPS) is 18.5. The van der Waals surface area contributed by atoms with E-state index in [-0.39, 0.29) is 18.3 Å². The molecule has 2 N–H and O–H groups in total. The van der Waals surface area contributed by atoms with Crippen LogP contribution in [0.15, 0.2) is 36.7 Å². The fourth-order valence-corrected chi connectivity index (χ4v) is 4.47. The second-order valence-electron chi connectivity index (χ2n) is 7.63. The van der Waals surface area contributed by atoms with E-state index in [2.05, 4.69) is 25.5 Å². The van der Waals surface area contributed by atoms with Crippen molar-refractivity contribution in [1.29, 1.82) is 0 Å². The molecule has 162 valence electrons. The summed E-state index contributed by atoms with van der Waals surface area (Å²) in [6.45, 7) is 4.62. The minimum absolute atomic E-state index is 0. The highest BCUT2D eigenvalue weighted by Crippen LogP contribution is 2.36. The summed E-state index contributed by atoms with van der Waals surface area (Å²) in [4.78, 5) is 26.5. The van der Waals surface area contributed by atoms with Gasteiger partial charge >= 0.3 is 0 Å². The quantitative estimate of drug-likeness (QED) is 0.745. The molecule has 30 heavy (non-hydrogen) atoms. The van der Waals surface area contributed by atoms with Crippen LogP contribution in [0.3, 0.4) is 0 Å². The third kappa shape index (κ3) is 4.48. The van der Waals surface area contributed by atoms with Gasteiger partial charge in [-0.3, -0.25) is 4.79 Å². The number of nitrogens with zero attached hydrogens (tertiary/aromatic N) is 4. The summed E-state index contributed by atoms with van der Waals surface area (Å²) in [5.74, 6) is 1.93. The van der Waals surface area contributed by atoms with Crippen LogP contribution in [0.4, 0.5) is 11.6 Å². The van der Waals surface area contributed by atoms with Gasteiger partial charge in [-0.05, 0) is 43.6 Å². The topological polar surface area (TPSA) is 73.4 Å². The minimum Gasteiger partial charge on any atom is -0.373 e. The van der Waals surface area contributed by atoms with Crippen LogP contribution in [0.1, 0.15) is 18.4 Å². The fraction of sp³-hybridized carbons (Fsp3) is 0.476. The molecule has 4 rings (SSSR count). The van der Waals surface area contributed by atoms with Gasteiger partial charge in [0.1, 0.15) is 18.0 Å². The monoisotopic (exact) mass is 450 g/mol. The molecule has 0 saturated carbocycles. The lowest BCUT2D eigenvalue weighted by atomic mass is 9.72. The van der Waals surface area contributed by atoms with Crippen molar-refractivity contribution in [2.45, 2.75) is 18.3 Å². The maximum absolute atomic E-state index is 13.7. The van der Waals surface area contributed by atoms with E-state index < -0.39 is 5.41 Å². The van der Waals surface area contributed by atoms with Gasteiger partial charge in [-0.1, -0.05) is 23.7 Å². The van der Waals surface area contributed by atoms with Crippen molar-refractivity contribution in [3.05, 3.63) is 47.2 Å². The zero-order valence-electron chi connectivity index (χ0n) is 17.1. The molecule has 0 spiro atoms. The SMILES string of the molecule is CNc1cc(N2CCN(C(=O)C3(c4ccc(Cl)cc4)CCNCC3)CC2)ncn1.Cl. The Labute approximate surface area is 188 Å². The van der Waals surface area contributed by atoms with Gasteiger partial charge in [-0.15, -0.1) is 12.4 Å². The van der Waals surface area contributed by atoms with E-state index in [1.807, 2.05) is 42.3 Å². The van der Waals surface area contributed by atoms with Crippen molar-refractivity contribution in [2.75, 3.05) is 56.5 Å². The fourth-order valence-electron chi connectivity index (χ4n) is 4.35. The predicted octanol–water partition coefficient (Wildman–Crippen LogP) is 2.56. The van der Waals surface area contributed by atoms with Crippen LogP contribution in [0, 0.1) is 0 Å². The Bertz CT molecular complexity index is 849. The van der Waals surface area contributed by atoms with Crippen LogP contribution in [0.5, 0.6) is 0 Å². The molecule has 0 unspecified atom stereocenters. The molecule has 2 saturated heterocycles. The average molecular weight is 451 g/mol. The summed E-state index contributed by atoms with van der Waals surface area (Å²) in [6, 6.07) is 9.75. The van der Waals surface area contributed by atoms with Crippen molar-refractivity contribution in [3.63, 3.8) is 0 Å². The van der Waals surface area contributed by atoms with Gasteiger partial charge < -0.3 is 20.4 Å². The Kier molecular flexibility index (Phi) is 7.39. The highest BCUT2D eigenvalue weighted by molar-refractivity contribution is 6.30. The first-order valence-electron chi connectivity index (χ1n) is 10.1. The lowest BCUT2D eigenvalue weighted by molar-refractivity contribution is -0.139. The number of amides is 1. The number of nitrogens with one attached hydrogen (secondary N) is 2. The van der Waals surface area contributed by atoms with E-state index in [0.29, 0.717) is 18.1 Å². The third-order valence-corrected chi connectivity index (χ3v) is 6.31. The number of halogens is 2. The highest BCUT2D eigenvalue weighted by atomic mass is 35.5. The van der Waals surface area contributed by atoms with E-state index in [0.717, 1.165) is 56.2 Å². The molecule has 2 aliphatic heterocycles. The van der Waals surface area contributed by atoms with Gasteiger partial charge in [0.2, 0.25) is 5.91 Å². The molecule has 3 heterocycles. The number of benzene rings is 1. The van der Waals surface area contributed by atoms with Crippen LogP contribution in [-0.4, -0.2) is 67.1 Å². The van der Waals surface area contributed by atoms with Gasteiger partial charge in [-0.2, -0.15) is 0 Å². The second kappa shape index (κ2) is 9.81. The standard InChI is InChI=1S/C21H27ClN6O.ClH/c1-23-18-14-19(26-15-25-18)27-10-12-28(13-11-27)20(29)21(6-8-24-9-7-21)16-2-4-17(22)5-3-16;/h2-5,14-15,24H,6-13H2,1H3,(H,23,25,26);1H. The third-order valence-electron chi connectivity index (χ3n) is 6.06. The molecule has 7 nitrogen and oxygen atoms in total. The van der Waals surface area contributed by atoms with Crippen LogP contribution in [0.25, 0.3) is 0 Å². The molecule has 0 bridgehead atoms. The van der Waals surface area contributed by atoms with Crippen molar-refractivity contribution in [2.24, 2.45) is 0 Å². The van der Waals surface area contributed by atoms with E-state index in [1.54, 1.807) is 6.33 Å². The smallest absolute Gasteiger partial charge is 0.233 e. The molecular formula is C21H28Cl2N6O. The molecule has 1 amide bonds. The van der Waals surface area contributed by atoms with Crippen LogP contribution in [-0.2, 0) is 10.2 Å². The van der Waals surface area contributed by atoms with E-state index in [1.165, 1.54) is 0 Å². The maximum Gasteiger partial charge on any atom is 0.233 e. The Morgan fingerprint density at radius 2 is 1.77 bits per heavy atom. The molecule has 0 radical (unpaired) electrons. The number of piperidine rings is 1. The largest absolute Gasteiger partial charge is 0.373 e. The van der Waals surface area contributed by atoms with Crippen LogP contribution in [0.2, 0.25) is 5.02 Å². The molecule has 2 fully saturated rings. The lowest BCUT2D eigenvalue weighted by Gasteiger charge is -2.43. The Balaban J connectivity index is 0.00000256. The Hall–Kier alpha value is -2.09. The van der Waals surface area contributed by atoms with Gasteiger partial charge in [0.25, 0.3) is 0 Å². The maximum atomic E-state index is 13.7. The van der Waals surface area contributed by atoms with Crippen molar-refractivity contribution in [1.82, 2.24) is 20.2 Å². The summed E-state index contributed by atoms with van der Waals surface area (Å²) < 4.78 is 0. The Morgan fingerprint density at radius 3 is 2.40 bits per heavy atom. The number of piperazine rings is 1. The molecule has 2 aromatic rings. The summed E-state index contributed by atoms with van der Waals surface area (Å²) >= 11 is 6.09. The lowest BCUT2D eigenvalue weighted by Crippen LogP contribution is -2.57. The van der Waals surface area contributed by atoms with Crippen molar-refractivity contribution >= 4 is 41.6 Å². The summed E-state index contributed by atoms with van der Waals surface area (Å²) in [5, 5.41) is 7.14. The van der Waals surface area contributed by atoms with Gasteiger partial charge in [0, 0.05) is 44.3 Å². The minimum atomic E-state index is -0.466. The van der Waals surface area contributed by atoms with Crippen molar-refractivity contribution < 1.29 is 4.79 Å². The predicted molar refractivity (Wildman–Crippen MR) is 123 cm³/mol. The zero-order chi connectivity index (χ0) is 20.3. The second-order valence-corrected chi connectivity index (χ2v) is 8.07. The van der Waals surface area contributed by atoms with Gasteiger partial charge in [0.05, 0.1) is 5.41 Å². The number of rotatable bonds is 4. The molecule has 0 atom stereocenters. The number of carbonyl (C=O) groups excluding carboxylic acids is 1. The summed E-state index contributed by atoms with van der Waals surface area (Å²) in [5.41, 5.74) is 0.608. The summed E-state index contributed by atoms with van der Waals surface area (Å²) in [6.07, 6.45) is 3.19. The van der Waals surface area contributed by atoms with Crippen molar-refractivity contribution in [3.8, 4) is 0 Å². The van der Waals surface area contributed by atoms with E-state index in [9.17, 15) is 4.79 Å². The molecule has 0 aliphatic carbocycles. The number of aromatic nitrogens is 2. The van der Waals surface area contributed by atoms with Gasteiger partial charge in [-0.25, -0.2) is 9.97 Å². The molecule has 9 heteroatoms. The molecule has 1 aromatic heterocycles. The van der Waals surface area contributed by atoms with E-state index in [4.69, 9.17) is 11.6 Å². The first-order chi connectivity index (χ1) is 14.1. The molecule has 1 aromatic carbocycles. The Morgan fingerprint density at radius 1 is 1.10 bits per heavy atom. The number of anilines is 2. The molecular weight excluding hydrogens is 423 g/mol. The van der Waals surface area contributed by atoms with E-state index >= 15 is 0 Å². The molecule has 2 aliphatic rings. The number of carbonyl (C=O) groups is 1. The van der Waals surface area contributed by atoms with Crippen LogP contribution >= 0.6 is 24.0 Å². The number of hydrogen-bond acceptors (Lipinski definition) is 6. The highest BCUT2D eigenvalue weighted by Gasteiger charge is 2.44. The summed E-state index contributed by atoms with van der Waals surface area (Å²) in [7, 11) is 1.85. The van der Waals surface area contributed by atoms with Gasteiger partial charge in [0.15, 0.2) is 0 Å². The first-order valence-corrected chi connectivity index (χ1v) is 10.5. The average Bonchev–Trinajstić information content (AvgIpc) is 2.79. The first kappa shape index (κ1) is 22.6. The number of hydrogen-bond donors (Lipinski definition) is 2.